The lowest BCUT2D eigenvalue weighted by Gasteiger charge is -2.23. The highest BCUT2D eigenvalue weighted by Gasteiger charge is 2.23. The van der Waals surface area contributed by atoms with Gasteiger partial charge in [0, 0.05) is 6.42 Å². The Morgan fingerprint density at radius 3 is 1.42 bits per heavy atom. The molecule has 0 saturated heterocycles. The van der Waals surface area contributed by atoms with Crippen molar-refractivity contribution in [1.82, 2.24) is 5.32 Å². The van der Waals surface area contributed by atoms with E-state index in [4.69, 9.17) is 4.74 Å². The van der Waals surface area contributed by atoms with Crippen LogP contribution >= 0.6 is 0 Å². The van der Waals surface area contributed by atoms with E-state index in [1.807, 2.05) is 12.2 Å². The van der Waals surface area contributed by atoms with Gasteiger partial charge in [-0.25, -0.2) is 0 Å². The molecule has 3 unspecified atom stereocenters. The van der Waals surface area contributed by atoms with E-state index in [1.54, 1.807) is 6.08 Å². The van der Waals surface area contributed by atoms with E-state index >= 15 is 0 Å². The molecule has 344 valence electrons. The van der Waals surface area contributed by atoms with Crippen LogP contribution in [0.3, 0.4) is 0 Å². The van der Waals surface area contributed by atoms with Gasteiger partial charge in [0.15, 0.2) is 0 Å². The first kappa shape index (κ1) is 57.0. The fraction of sp³-hybridized carbons (Fsp3) is 0.704. The molecule has 0 spiro atoms. The van der Waals surface area contributed by atoms with Gasteiger partial charge in [-0.3, -0.25) is 9.59 Å². The van der Waals surface area contributed by atoms with Crippen LogP contribution in [-0.4, -0.2) is 46.9 Å². The summed E-state index contributed by atoms with van der Waals surface area (Å²) in [6.07, 6.45) is 61.1. The highest BCUT2D eigenvalue weighted by Crippen LogP contribution is 2.15. The Morgan fingerprint density at radius 1 is 0.517 bits per heavy atom. The number of unbranched alkanes of at least 4 members (excludes halogenated alkanes) is 19. The van der Waals surface area contributed by atoms with E-state index in [0.29, 0.717) is 19.3 Å². The molecule has 0 saturated carbocycles. The number of allylic oxidation sites excluding steroid dienone is 13. The molecule has 0 fully saturated rings. The van der Waals surface area contributed by atoms with E-state index in [2.05, 4.69) is 92.9 Å². The second kappa shape index (κ2) is 47.1. The van der Waals surface area contributed by atoms with Crippen LogP contribution in [-0.2, 0) is 14.3 Å². The smallest absolute Gasteiger partial charge is 0.306 e. The Kier molecular flexibility index (Phi) is 44.8. The van der Waals surface area contributed by atoms with Crippen molar-refractivity contribution in [3.8, 4) is 0 Å². The lowest BCUT2D eigenvalue weighted by molar-refractivity contribution is -0.148. The maximum Gasteiger partial charge on any atom is 0.306 e. The zero-order valence-corrected chi connectivity index (χ0v) is 39.1. The van der Waals surface area contributed by atoms with Crippen LogP contribution in [0.15, 0.2) is 85.1 Å². The summed E-state index contributed by atoms with van der Waals surface area (Å²) in [4.78, 5) is 26.0. The van der Waals surface area contributed by atoms with Gasteiger partial charge >= 0.3 is 5.97 Å². The number of carbonyl (C=O) groups is 2. The third-order valence-corrected chi connectivity index (χ3v) is 10.7. The molecule has 0 aliphatic heterocycles. The van der Waals surface area contributed by atoms with Crippen molar-refractivity contribution in [3.05, 3.63) is 85.1 Å². The Labute approximate surface area is 370 Å². The molecule has 3 N–H and O–H groups in total. The molecule has 0 aliphatic carbocycles. The van der Waals surface area contributed by atoms with Crippen molar-refractivity contribution in [2.75, 3.05) is 6.61 Å². The van der Waals surface area contributed by atoms with Crippen LogP contribution in [0.25, 0.3) is 0 Å². The van der Waals surface area contributed by atoms with E-state index in [9.17, 15) is 19.8 Å². The number of rotatable bonds is 43. The molecule has 60 heavy (non-hydrogen) atoms. The molecular weight excluding hydrogens is 743 g/mol. The molecule has 0 heterocycles. The maximum absolute atomic E-state index is 13.1. The SMILES string of the molecule is CC/C=C/C/C=C/C/C=C/C/C=C/C/C=C/C(CC(=O)NC(CO)C(O)CCCCCCCCCCCCCCCC)OC(=O)CC/C=C/C/C=C\CCCCCCCC. The Balaban J connectivity index is 4.80. The van der Waals surface area contributed by atoms with E-state index in [0.717, 1.165) is 57.8 Å². The Morgan fingerprint density at radius 2 is 0.933 bits per heavy atom. The normalized spacial score (nSPS) is 14.0. The van der Waals surface area contributed by atoms with Gasteiger partial charge in [-0.05, 0) is 70.3 Å². The zero-order chi connectivity index (χ0) is 43.8. The lowest BCUT2D eigenvalue weighted by atomic mass is 10.0. The predicted octanol–water partition coefficient (Wildman–Crippen LogP) is 14.8. The summed E-state index contributed by atoms with van der Waals surface area (Å²) >= 11 is 0. The predicted molar refractivity (Wildman–Crippen MR) is 259 cm³/mol. The summed E-state index contributed by atoms with van der Waals surface area (Å²) in [6, 6.07) is -0.755. The topological polar surface area (TPSA) is 95.9 Å². The van der Waals surface area contributed by atoms with Crippen molar-refractivity contribution in [2.24, 2.45) is 0 Å². The molecule has 3 atom stereocenters. The Bertz CT molecular complexity index is 1160. The number of hydrogen-bond donors (Lipinski definition) is 3. The van der Waals surface area contributed by atoms with Crippen LogP contribution in [0.5, 0.6) is 0 Å². The van der Waals surface area contributed by atoms with Gasteiger partial charge in [0.25, 0.3) is 0 Å². The average Bonchev–Trinajstić information content (AvgIpc) is 3.24. The third-order valence-electron chi connectivity index (χ3n) is 10.7. The number of esters is 1. The summed E-state index contributed by atoms with van der Waals surface area (Å²) < 4.78 is 5.77. The summed E-state index contributed by atoms with van der Waals surface area (Å²) in [6.45, 7) is 6.30. The van der Waals surface area contributed by atoms with E-state index in [-0.39, 0.29) is 31.3 Å². The monoisotopic (exact) mass is 836 g/mol. The van der Waals surface area contributed by atoms with Crippen molar-refractivity contribution >= 4 is 11.9 Å². The molecule has 0 aromatic rings. The van der Waals surface area contributed by atoms with Gasteiger partial charge in [0.2, 0.25) is 5.91 Å². The van der Waals surface area contributed by atoms with Crippen LogP contribution in [0.2, 0.25) is 0 Å². The molecule has 6 nitrogen and oxygen atoms in total. The molecular formula is C54H93NO5. The second-order valence-electron chi connectivity index (χ2n) is 16.5. The van der Waals surface area contributed by atoms with Crippen LogP contribution < -0.4 is 5.32 Å². The van der Waals surface area contributed by atoms with Gasteiger partial charge in [-0.2, -0.15) is 0 Å². The number of carbonyl (C=O) groups excluding carboxylic acids is 2. The maximum atomic E-state index is 13.1. The molecule has 1 amide bonds. The number of aliphatic hydroxyl groups is 2. The van der Waals surface area contributed by atoms with Crippen molar-refractivity contribution in [3.63, 3.8) is 0 Å². The highest BCUT2D eigenvalue weighted by molar-refractivity contribution is 5.78. The number of ether oxygens (including phenoxy) is 1. The average molecular weight is 836 g/mol. The summed E-state index contributed by atoms with van der Waals surface area (Å²) in [5, 5.41) is 23.7. The van der Waals surface area contributed by atoms with Gasteiger partial charge in [-0.1, -0.05) is 222 Å². The molecule has 0 rings (SSSR count). The van der Waals surface area contributed by atoms with Crippen LogP contribution in [0, 0.1) is 0 Å². The first-order chi connectivity index (χ1) is 29.5. The van der Waals surface area contributed by atoms with Crippen molar-refractivity contribution in [2.45, 2.75) is 238 Å². The van der Waals surface area contributed by atoms with Gasteiger partial charge in [-0.15, -0.1) is 0 Å². The summed E-state index contributed by atoms with van der Waals surface area (Å²) in [5.74, 6) is -0.714. The number of hydrogen-bond acceptors (Lipinski definition) is 5. The fourth-order valence-corrected chi connectivity index (χ4v) is 6.97. The minimum atomic E-state index is -0.830. The largest absolute Gasteiger partial charge is 0.458 e. The molecule has 0 bridgehead atoms. The summed E-state index contributed by atoms with van der Waals surface area (Å²) in [5.41, 5.74) is 0. The van der Waals surface area contributed by atoms with Crippen LogP contribution in [0.1, 0.15) is 220 Å². The van der Waals surface area contributed by atoms with Gasteiger partial charge < -0.3 is 20.3 Å². The Hall–Kier alpha value is -2.96. The molecule has 0 radical (unpaired) electrons. The number of aliphatic hydroxyl groups excluding tert-OH is 2. The minimum Gasteiger partial charge on any atom is -0.458 e. The molecule has 6 heteroatoms. The van der Waals surface area contributed by atoms with Crippen LogP contribution in [0.4, 0.5) is 0 Å². The second-order valence-corrected chi connectivity index (χ2v) is 16.5. The molecule has 0 aromatic carbocycles. The first-order valence-electron chi connectivity index (χ1n) is 24.8. The standard InChI is InChI=1S/C54H93NO5/c1-4-7-10-13-16-19-22-25-28-30-33-36-39-42-45-50(60-54(59)47-44-41-38-35-32-27-24-21-18-15-12-9-6-3)48-53(58)55-51(49-56)52(57)46-43-40-37-34-31-29-26-23-20-17-14-11-8-5-2/h7,10,16,19,25,27-28,32-33,36,38,41-42,45,50-52,56-57H,4-6,8-9,11-15,17-18,20-24,26,29-31,34-35,37,39-40,43-44,46-49H2,1-3H3,(H,55,58)/b10-7+,19-16+,28-25+,32-27-,36-33+,41-38+,45-42+. The molecule has 0 aromatic heterocycles. The quantitative estimate of drug-likeness (QED) is 0.0323. The highest BCUT2D eigenvalue weighted by atomic mass is 16.5. The third kappa shape index (κ3) is 41.8. The van der Waals surface area contributed by atoms with Gasteiger partial charge in [0.1, 0.15) is 6.10 Å². The first-order valence-corrected chi connectivity index (χ1v) is 24.8. The summed E-state index contributed by atoms with van der Waals surface area (Å²) in [7, 11) is 0. The minimum absolute atomic E-state index is 0.0717. The number of amides is 1. The van der Waals surface area contributed by atoms with Gasteiger partial charge in [0.05, 0.1) is 25.2 Å². The van der Waals surface area contributed by atoms with Crippen molar-refractivity contribution < 1.29 is 24.5 Å². The van der Waals surface area contributed by atoms with Crippen molar-refractivity contribution in [1.29, 1.82) is 0 Å². The zero-order valence-electron chi connectivity index (χ0n) is 39.1. The van der Waals surface area contributed by atoms with E-state index in [1.165, 1.54) is 109 Å². The number of nitrogens with one attached hydrogen (secondary N) is 1. The molecule has 0 aliphatic rings. The lowest BCUT2D eigenvalue weighted by Crippen LogP contribution is -2.46. The fourth-order valence-electron chi connectivity index (χ4n) is 6.97. The van der Waals surface area contributed by atoms with E-state index < -0.39 is 18.2 Å².